The molecule has 0 spiro atoms. The maximum atomic E-state index is 12.8. The summed E-state index contributed by atoms with van der Waals surface area (Å²) in [7, 11) is 0. The largest absolute Gasteiger partial charge is 0.416 e. The molecule has 0 unspecified atom stereocenters. The quantitative estimate of drug-likeness (QED) is 0.733. The Morgan fingerprint density at radius 1 is 1.43 bits per heavy atom. The molecule has 1 aromatic heterocycles. The zero-order valence-electron chi connectivity index (χ0n) is 11.2. The second-order valence-electron chi connectivity index (χ2n) is 4.37. The monoisotopic (exact) mass is 412 g/mol. The maximum Gasteiger partial charge on any atom is 0.416 e. The molecule has 0 bridgehead atoms. The van der Waals surface area contributed by atoms with E-state index in [0.717, 1.165) is 22.2 Å². The number of carbonyl (C=O) groups is 1. The summed E-state index contributed by atoms with van der Waals surface area (Å²) >= 11 is 2.93. The minimum Gasteiger partial charge on any atom is -0.379 e. The van der Waals surface area contributed by atoms with Gasteiger partial charge in [-0.2, -0.15) is 13.2 Å². The lowest BCUT2D eigenvalue weighted by Crippen LogP contribution is -2.16. The number of nitrogens with one attached hydrogen (secondary N) is 1. The molecule has 3 N–H and O–H groups in total. The number of primary amides is 1. The Kier molecular flexibility index (Phi) is 5.19. The molecule has 1 amide bonds. The van der Waals surface area contributed by atoms with Crippen molar-refractivity contribution < 1.29 is 21.9 Å². The van der Waals surface area contributed by atoms with Crippen LogP contribution < -0.4 is 11.1 Å². The Morgan fingerprint density at radius 3 is 2.65 bits per heavy atom. The van der Waals surface area contributed by atoms with Gasteiger partial charge in [0.1, 0.15) is 0 Å². The van der Waals surface area contributed by atoms with E-state index in [1.54, 1.807) is 0 Å². The maximum absolute atomic E-state index is 12.8. The van der Waals surface area contributed by atoms with E-state index in [1.807, 2.05) is 0 Å². The molecule has 0 saturated carbocycles. The highest BCUT2D eigenvalue weighted by atomic mass is 79.9. The van der Waals surface area contributed by atoms with Crippen LogP contribution in [0.1, 0.15) is 21.6 Å². The molecule has 2 rings (SSSR count). The summed E-state index contributed by atoms with van der Waals surface area (Å²) in [5.41, 5.74) is 4.42. The predicted molar refractivity (Wildman–Crippen MR) is 81.3 cm³/mol. The third-order valence-corrected chi connectivity index (χ3v) is 4.05. The molecule has 2 aromatic rings. The van der Waals surface area contributed by atoms with Gasteiger partial charge in [0.15, 0.2) is 17.1 Å². The number of benzene rings is 1. The molecule has 23 heavy (non-hydrogen) atoms. The van der Waals surface area contributed by atoms with Gasteiger partial charge >= 0.3 is 6.18 Å². The Hall–Kier alpha value is -1.75. The zero-order valence-corrected chi connectivity index (χ0v) is 13.6. The second-order valence-corrected chi connectivity index (χ2v) is 5.61. The first-order valence-electron chi connectivity index (χ1n) is 6.00. The fourth-order valence-electron chi connectivity index (χ4n) is 1.79. The molecule has 5 nitrogen and oxygen atoms in total. The van der Waals surface area contributed by atoms with Gasteiger partial charge < -0.3 is 11.1 Å². The van der Waals surface area contributed by atoms with E-state index in [0.29, 0.717) is 5.69 Å². The number of halogens is 5. The number of alkyl halides is 3. The summed E-state index contributed by atoms with van der Waals surface area (Å²) in [6.07, 6.45) is -3.21. The van der Waals surface area contributed by atoms with Gasteiger partial charge in [0, 0.05) is 11.9 Å². The molecular weight excluding hydrogens is 404 g/mol. The van der Waals surface area contributed by atoms with Crippen molar-refractivity contribution in [3.05, 3.63) is 46.0 Å². The van der Waals surface area contributed by atoms with E-state index >= 15 is 0 Å². The normalized spacial score (nSPS) is 11.5. The van der Waals surface area contributed by atoms with E-state index in [2.05, 4.69) is 26.2 Å². The van der Waals surface area contributed by atoms with Crippen LogP contribution in [0.25, 0.3) is 0 Å². The number of rotatable bonds is 5. The number of nitrogens with zero attached hydrogens (tertiary/aromatic N) is 2. The summed E-state index contributed by atoms with van der Waals surface area (Å²) in [4.78, 5) is 15.3. The lowest BCUT2D eigenvalue weighted by molar-refractivity contribution is -0.137. The highest BCUT2D eigenvalue weighted by Crippen LogP contribution is 2.32. The van der Waals surface area contributed by atoms with Crippen LogP contribution in [0.5, 0.6) is 0 Å². The van der Waals surface area contributed by atoms with Gasteiger partial charge in [-0.15, -0.1) is 3.89 Å². The van der Waals surface area contributed by atoms with Crippen LogP contribution in [0.15, 0.2) is 29.1 Å². The van der Waals surface area contributed by atoms with Crippen molar-refractivity contribution in [1.82, 2.24) is 8.96 Å². The van der Waals surface area contributed by atoms with Crippen LogP contribution in [-0.2, 0) is 12.7 Å². The van der Waals surface area contributed by atoms with Gasteiger partial charge in [0.05, 0.1) is 23.4 Å². The molecule has 0 aliphatic heterocycles. The highest BCUT2D eigenvalue weighted by molar-refractivity contribution is 9.10. The summed E-state index contributed by atoms with van der Waals surface area (Å²) in [5, 5.41) is 2.66. The fourth-order valence-corrected chi connectivity index (χ4v) is 2.54. The van der Waals surface area contributed by atoms with Gasteiger partial charge in [-0.05, 0) is 34.1 Å². The van der Waals surface area contributed by atoms with Crippen molar-refractivity contribution >= 4 is 39.9 Å². The number of amides is 1. The lowest BCUT2D eigenvalue weighted by atomic mass is 10.1. The molecule has 11 heteroatoms. The van der Waals surface area contributed by atoms with E-state index in [4.69, 9.17) is 5.73 Å². The first kappa shape index (κ1) is 17.6. The first-order chi connectivity index (χ1) is 10.7. The number of nitrogens with two attached hydrogens (primary N) is 1. The van der Waals surface area contributed by atoms with Crippen LogP contribution in [0.3, 0.4) is 0 Å². The number of hydrogen-bond donors (Lipinski definition) is 2. The summed E-state index contributed by atoms with van der Waals surface area (Å²) in [6.45, 7) is -0.0201. The molecule has 0 radical (unpaired) electrons. The Bertz CT molecular complexity index is 734. The van der Waals surface area contributed by atoms with Crippen LogP contribution in [0.2, 0.25) is 0 Å². The molecule has 0 aliphatic rings. The van der Waals surface area contributed by atoms with E-state index in [9.17, 15) is 21.9 Å². The SMILES string of the molecule is NC(=O)c1ccc(C(F)(F)F)cc1NCc1cn(SF)c(Br)n1. The van der Waals surface area contributed by atoms with Gasteiger partial charge in [0.25, 0.3) is 5.91 Å². The molecule has 1 aromatic carbocycles. The Balaban J connectivity index is 2.27. The predicted octanol–water partition coefficient (Wildman–Crippen LogP) is 3.76. The topological polar surface area (TPSA) is 72.9 Å². The van der Waals surface area contributed by atoms with E-state index in [1.165, 1.54) is 6.20 Å². The minimum atomic E-state index is -4.55. The van der Waals surface area contributed by atoms with Crippen molar-refractivity contribution in [2.75, 3.05) is 5.32 Å². The van der Waals surface area contributed by atoms with E-state index in [-0.39, 0.29) is 34.9 Å². The standard InChI is InChI=1S/C12H9BrF4N4OS/c13-11-20-7(5-21(11)23-17)4-19-9-3-6(12(14,15)16)1-2-8(9)10(18)22/h1-3,5,19H,4H2,(H2,18,22). The molecular formula is C12H9BrF4N4OS. The summed E-state index contributed by atoms with van der Waals surface area (Å²) < 4.78 is 52.1. The summed E-state index contributed by atoms with van der Waals surface area (Å²) in [6, 6.07) is 2.56. The number of imidazole rings is 1. The number of hydrogen-bond acceptors (Lipinski definition) is 4. The third kappa shape index (κ3) is 4.16. The van der Waals surface area contributed by atoms with Crippen molar-refractivity contribution in [2.24, 2.45) is 5.73 Å². The Morgan fingerprint density at radius 2 is 2.13 bits per heavy atom. The van der Waals surface area contributed by atoms with Crippen molar-refractivity contribution in [2.45, 2.75) is 12.7 Å². The van der Waals surface area contributed by atoms with Crippen LogP contribution in [-0.4, -0.2) is 14.9 Å². The average Bonchev–Trinajstić information content (AvgIpc) is 2.84. The molecule has 0 atom stereocenters. The molecule has 1 heterocycles. The lowest BCUT2D eigenvalue weighted by Gasteiger charge is -2.13. The molecule has 0 saturated heterocycles. The molecule has 0 fully saturated rings. The number of carbonyl (C=O) groups excluding carboxylic acids is 1. The molecule has 0 aliphatic carbocycles. The number of aromatic nitrogens is 2. The Labute approximate surface area is 140 Å². The average molecular weight is 413 g/mol. The van der Waals surface area contributed by atoms with Crippen molar-refractivity contribution in [3.63, 3.8) is 0 Å². The third-order valence-electron chi connectivity index (χ3n) is 2.83. The van der Waals surface area contributed by atoms with Gasteiger partial charge in [-0.1, -0.05) is 0 Å². The molecule has 124 valence electrons. The fraction of sp³-hybridized carbons (Fsp3) is 0.167. The second kappa shape index (κ2) is 6.79. The number of anilines is 1. The zero-order chi connectivity index (χ0) is 17.2. The summed E-state index contributed by atoms with van der Waals surface area (Å²) in [5.74, 6) is -0.868. The first-order valence-corrected chi connectivity index (χ1v) is 7.47. The minimum absolute atomic E-state index is 0.0201. The van der Waals surface area contributed by atoms with Crippen LogP contribution in [0, 0.1) is 0 Å². The van der Waals surface area contributed by atoms with Gasteiger partial charge in [-0.25, -0.2) is 8.96 Å². The highest BCUT2D eigenvalue weighted by Gasteiger charge is 2.31. The van der Waals surface area contributed by atoms with Gasteiger partial charge in [-0.3, -0.25) is 4.79 Å². The van der Waals surface area contributed by atoms with Crippen molar-refractivity contribution in [3.8, 4) is 0 Å². The van der Waals surface area contributed by atoms with Crippen molar-refractivity contribution in [1.29, 1.82) is 0 Å². The van der Waals surface area contributed by atoms with Crippen LogP contribution >= 0.6 is 28.3 Å². The smallest absolute Gasteiger partial charge is 0.379 e. The van der Waals surface area contributed by atoms with Crippen LogP contribution in [0.4, 0.5) is 22.7 Å². The van der Waals surface area contributed by atoms with E-state index < -0.39 is 17.6 Å². The van der Waals surface area contributed by atoms with Gasteiger partial charge in [0.2, 0.25) is 0 Å².